The van der Waals surface area contributed by atoms with Gasteiger partial charge in [-0.25, -0.2) is 4.68 Å². The fourth-order valence-corrected chi connectivity index (χ4v) is 4.04. The average Bonchev–Trinajstić information content (AvgIpc) is 3.18. The number of methoxy groups -OCH3 is 1. The van der Waals surface area contributed by atoms with Crippen molar-refractivity contribution in [2.75, 3.05) is 53.9 Å². The first-order valence-corrected chi connectivity index (χ1v) is 11.5. The van der Waals surface area contributed by atoms with Crippen LogP contribution in [0.2, 0.25) is 0 Å². The summed E-state index contributed by atoms with van der Waals surface area (Å²) in [6, 6.07) is 17.4. The molecule has 34 heavy (non-hydrogen) atoms. The summed E-state index contributed by atoms with van der Waals surface area (Å²) in [6.07, 6.45) is 2.63. The van der Waals surface area contributed by atoms with Gasteiger partial charge in [-0.05, 0) is 42.8 Å². The maximum atomic E-state index is 13.7. The number of likely N-dealkylation sites (N-methyl/N-ethyl adjacent to an activating group) is 1. The van der Waals surface area contributed by atoms with Gasteiger partial charge in [0.15, 0.2) is 0 Å². The number of ether oxygens (including phenoxy) is 1. The summed E-state index contributed by atoms with van der Waals surface area (Å²) in [5.74, 6) is 0.776. The molecule has 0 spiro atoms. The quantitative estimate of drug-likeness (QED) is 0.565. The van der Waals surface area contributed by atoms with Crippen LogP contribution in [0.1, 0.15) is 16.8 Å². The van der Waals surface area contributed by atoms with Gasteiger partial charge in [-0.3, -0.25) is 14.5 Å². The topological polar surface area (TPSA) is 70.9 Å². The highest BCUT2D eigenvalue weighted by Crippen LogP contribution is 2.27. The maximum absolute atomic E-state index is 13.7. The number of carbonyl (C=O) groups excluding carboxylic acids is 2. The molecule has 8 heteroatoms. The van der Waals surface area contributed by atoms with Crippen molar-refractivity contribution in [3.8, 4) is 22.7 Å². The largest absolute Gasteiger partial charge is 0.497 e. The standard InChI is InChI=1S/C26H31N5O3/c1-28(2)24(32)19-29-14-7-15-30(17-16-29)26(33)23-18-31(21-8-5-4-6-9-21)27-25(23)20-10-12-22(34-3)13-11-20/h4-6,8-13,18H,7,14-17,19H2,1-3H3. The van der Waals surface area contributed by atoms with Crippen LogP contribution in [0.15, 0.2) is 60.8 Å². The summed E-state index contributed by atoms with van der Waals surface area (Å²) in [5.41, 5.74) is 2.94. The molecule has 2 heterocycles. The van der Waals surface area contributed by atoms with Gasteiger partial charge in [0.2, 0.25) is 5.91 Å². The molecule has 1 saturated heterocycles. The zero-order valence-electron chi connectivity index (χ0n) is 20.0. The van der Waals surface area contributed by atoms with E-state index in [-0.39, 0.29) is 11.8 Å². The lowest BCUT2D eigenvalue weighted by atomic mass is 10.1. The van der Waals surface area contributed by atoms with Crippen LogP contribution in [0, 0.1) is 0 Å². The zero-order valence-corrected chi connectivity index (χ0v) is 20.0. The lowest BCUT2D eigenvalue weighted by Gasteiger charge is -2.22. The number of hydrogen-bond acceptors (Lipinski definition) is 5. The number of nitrogens with zero attached hydrogens (tertiary/aromatic N) is 5. The number of para-hydroxylation sites is 1. The van der Waals surface area contributed by atoms with Crippen LogP contribution in [-0.2, 0) is 4.79 Å². The van der Waals surface area contributed by atoms with Crippen molar-refractivity contribution in [1.82, 2.24) is 24.5 Å². The Hall–Kier alpha value is -3.65. The summed E-state index contributed by atoms with van der Waals surface area (Å²) >= 11 is 0. The highest BCUT2D eigenvalue weighted by Gasteiger charge is 2.26. The van der Waals surface area contributed by atoms with Gasteiger partial charge >= 0.3 is 0 Å². The van der Waals surface area contributed by atoms with E-state index in [1.165, 1.54) is 0 Å². The summed E-state index contributed by atoms with van der Waals surface area (Å²) < 4.78 is 7.04. The molecule has 178 valence electrons. The Morgan fingerprint density at radius 1 is 0.971 bits per heavy atom. The molecule has 0 atom stereocenters. The van der Waals surface area contributed by atoms with Crippen molar-refractivity contribution in [1.29, 1.82) is 0 Å². The van der Waals surface area contributed by atoms with Gasteiger partial charge in [-0.2, -0.15) is 5.10 Å². The number of hydrogen-bond donors (Lipinski definition) is 0. The minimum absolute atomic E-state index is 0.0474. The summed E-state index contributed by atoms with van der Waals surface area (Å²) in [7, 11) is 5.16. The van der Waals surface area contributed by atoms with Gasteiger partial charge in [0, 0.05) is 52.0 Å². The van der Waals surface area contributed by atoms with Crippen LogP contribution in [0.3, 0.4) is 0 Å². The highest BCUT2D eigenvalue weighted by molar-refractivity contribution is 6.00. The van der Waals surface area contributed by atoms with E-state index < -0.39 is 0 Å². The van der Waals surface area contributed by atoms with Crippen LogP contribution in [0.5, 0.6) is 5.75 Å². The SMILES string of the molecule is COc1ccc(-c2nn(-c3ccccc3)cc2C(=O)N2CCCN(CC(=O)N(C)C)CC2)cc1. The Balaban J connectivity index is 1.61. The monoisotopic (exact) mass is 461 g/mol. The Bertz CT molecular complexity index is 1130. The number of rotatable bonds is 6. The van der Waals surface area contributed by atoms with E-state index in [1.807, 2.05) is 65.7 Å². The zero-order chi connectivity index (χ0) is 24.1. The molecule has 2 aromatic carbocycles. The second-order valence-corrected chi connectivity index (χ2v) is 8.61. The normalized spacial score (nSPS) is 14.5. The molecule has 8 nitrogen and oxygen atoms in total. The number of benzene rings is 2. The second kappa shape index (κ2) is 10.5. The van der Waals surface area contributed by atoms with Crippen molar-refractivity contribution >= 4 is 11.8 Å². The van der Waals surface area contributed by atoms with Gasteiger partial charge in [0.05, 0.1) is 24.9 Å². The van der Waals surface area contributed by atoms with E-state index in [4.69, 9.17) is 9.84 Å². The van der Waals surface area contributed by atoms with E-state index in [2.05, 4.69) is 4.90 Å². The summed E-state index contributed by atoms with van der Waals surface area (Å²) in [5, 5.41) is 4.79. The summed E-state index contributed by atoms with van der Waals surface area (Å²) in [6.45, 7) is 3.04. The number of aromatic nitrogens is 2. The van der Waals surface area contributed by atoms with Gasteiger partial charge in [-0.15, -0.1) is 0 Å². The fourth-order valence-electron chi connectivity index (χ4n) is 4.04. The first-order valence-electron chi connectivity index (χ1n) is 11.5. The molecular weight excluding hydrogens is 430 g/mol. The Labute approximate surface area is 200 Å². The Morgan fingerprint density at radius 3 is 2.38 bits per heavy atom. The third-order valence-corrected chi connectivity index (χ3v) is 6.06. The molecule has 1 fully saturated rings. The first kappa shape index (κ1) is 23.5. The molecule has 1 aliphatic rings. The lowest BCUT2D eigenvalue weighted by Crippen LogP contribution is -2.39. The third kappa shape index (κ3) is 5.28. The van der Waals surface area contributed by atoms with E-state index >= 15 is 0 Å². The van der Waals surface area contributed by atoms with Crippen molar-refractivity contribution in [2.24, 2.45) is 0 Å². The molecule has 4 rings (SSSR count). The Morgan fingerprint density at radius 2 is 1.71 bits per heavy atom. The van der Waals surface area contributed by atoms with Gasteiger partial charge in [0.25, 0.3) is 5.91 Å². The predicted octanol–water partition coefficient (Wildman–Crippen LogP) is 2.78. The maximum Gasteiger partial charge on any atom is 0.257 e. The van der Waals surface area contributed by atoms with E-state index in [0.29, 0.717) is 37.4 Å². The van der Waals surface area contributed by atoms with E-state index in [1.54, 1.807) is 30.8 Å². The van der Waals surface area contributed by atoms with E-state index in [0.717, 1.165) is 30.0 Å². The van der Waals surface area contributed by atoms with Gasteiger partial charge in [0.1, 0.15) is 11.4 Å². The molecular formula is C26H31N5O3. The van der Waals surface area contributed by atoms with Crippen LogP contribution < -0.4 is 4.74 Å². The van der Waals surface area contributed by atoms with Gasteiger partial charge in [-0.1, -0.05) is 18.2 Å². The fraction of sp³-hybridized carbons (Fsp3) is 0.346. The van der Waals surface area contributed by atoms with Crippen LogP contribution >= 0.6 is 0 Å². The molecule has 1 aromatic heterocycles. The van der Waals surface area contributed by atoms with Crippen molar-refractivity contribution in [2.45, 2.75) is 6.42 Å². The number of amides is 2. The van der Waals surface area contributed by atoms with Crippen LogP contribution in [0.4, 0.5) is 0 Å². The van der Waals surface area contributed by atoms with Crippen LogP contribution in [0.25, 0.3) is 16.9 Å². The molecule has 3 aromatic rings. The van der Waals surface area contributed by atoms with Crippen molar-refractivity contribution in [3.05, 3.63) is 66.4 Å². The molecule has 0 saturated carbocycles. The summed E-state index contributed by atoms with van der Waals surface area (Å²) in [4.78, 5) is 31.4. The molecule has 0 unspecified atom stereocenters. The second-order valence-electron chi connectivity index (χ2n) is 8.61. The first-order chi connectivity index (χ1) is 16.5. The van der Waals surface area contributed by atoms with Crippen molar-refractivity contribution in [3.63, 3.8) is 0 Å². The molecule has 0 bridgehead atoms. The average molecular weight is 462 g/mol. The smallest absolute Gasteiger partial charge is 0.257 e. The number of carbonyl (C=O) groups is 2. The van der Waals surface area contributed by atoms with Crippen molar-refractivity contribution < 1.29 is 14.3 Å². The highest BCUT2D eigenvalue weighted by atomic mass is 16.5. The molecule has 1 aliphatic heterocycles. The molecule has 0 N–H and O–H groups in total. The minimum Gasteiger partial charge on any atom is -0.497 e. The molecule has 0 aliphatic carbocycles. The van der Waals surface area contributed by atoms with Crippen LogP contribution in [-0.4, -0.2) is 90.2 Å². The predicted molar refractivity (Wildman–Crippen MR) is 131 cm³/mol. The molecule has 2 amide bonds. The molecule has 0 radical (unpaired) electrons. The van der Waals surface area contributed by atoms with E-state index in [9.17, 15) is 9.59 Å². The lowest BCUT2D eigenvalue weighted by molar-refractivity contribution is -0.129. The van der Waals surface area contributed by atoms with Gasteiger partial charge < -0.3 is 14.5 Å². The Kier molecular flexibility index (Phi) is 7.27. The third-order valence-electron chi connectivity index (χ3n) is 6.06. The minimum atomic E-state index is -0.0474.